The minimum atomic E-state index is -0.552. The Morgan fingerprint density at radius 2 is 1.48 bits per heavy atom. The van der Waals surface area contributed by atoms with Crippen molar-refractivity contribution >= 4 is 58.0 Å². The molecular weight excluding hydrogens is 401 g/mol. The summed E-state index contributed by atoms with van der Waals surface area (Å²) in [5, 5.41) is 0. The maximum atomic E-state index is 6.40. The van der Waals surface area contributed by atoms with Gasteiger partial charge in [-0.1, -0.05) is 65.7 Å². The third-order valence-electron chi connectivity index (χ3n) is 4.44. The molecule has 2 aliphatic rings. The van der Waals surface area contributed by atoms with Gasteiger partial charge in [-0.25, -0.2) is 4.99 Å². The first-order valence-corrected chi connectivity index (χ1v) is 10.1. The van der Waals surface area contributed by atoms with Gasteiger partial charge in [0.1, 0.15) is 5.76 Å². The van der Waals surface area contributed by atoms with E-state index < -0.39 is 11.1 Å². The molecular formula is C21H13Cl2NO2S. The summed E-state index contributed by atoms with van der Waals surface area (Å²) < 4.78 is 11.7. The van der Waals surface area contributed by atoms with E-state index in [1.54, 1.807) is 0 Å². The Hall–Kier alpha value is -2.27. The van der Waals surface area contributed by atoms with Crippen LogP contribution >= 0.6 is 34.5 Å². The van der Waals surface area contributed by atoms with Gasteiger partial charge in [-0.3, -0.25) is 0 Å². The number of fused-ring (bicyclic) bond motifs is 2. The third-order valence-corrected chi connectivity index (χ3v) is 6.17. The molecule has 1 aromatic heterocycles. The molecule has 2 aliphatic heterocycles. The van der Waals surface area contributed by atoms with Crippen LogP contribution in [0.4, 0.5) is 5.69 Å². The van der Waals surface area contributed by atoms with Crippen molar-refractivity contribution in [2.75, 3.05) is 0 Å². The minimum absolute atomic E-state index is 0.505. The van der Waals surface area contributed by atoms with Crippen LogP contribution in [0.15, 0.2) is 65.7 Å². The lowest BCUT2D eigenvalue weighted by atomic mass is 10.1. The summed E-state index contributed by atoms with van der Waals surface area (Å²) in [6.07, 6.45) is 2.01. The van der Waals surface area contributed by atoms with Crippen molar-refractivity contribution in [1.29, 1.82) is 0 Å². The molecule has 0 spiro atoms. The first kappa shape index (κ1) is 16.9. The van der Waals surface area contributed by atoms with Crippen LogP contribution in [0.1, 0.15) is 37.6 Å². The smallest absolute Gasteiger partial charge is 0.233 e. The Bertz CT molecular complexity index is 1010. The van der Waals surface area contributed by atoms with E-state index in [2.05, 4.69) is 4.99 Å². The van der Waals surface area contributed by atoms with Crippen LogP contribution in [-0.2, 0) is 9.47 Å². The van der Waals surface area contributed by atoms with E-state index in [0.717, 1.165) is 37.9 Å². The van der Waals surface area contributed by atoms with Gasteiger partial charge in [0.2, 0.25) is 11.5 Å². The van der Waals surface area contributed by atoms with Gasteiger partial charge in [0.15, 0.2) is 5.56 Å². The molecule has 3 aromatic rings. The van der Waals surface area contributed by atoms with Crippen LogP contribution < -0.4 is 0 Å². The highest BCUT2D eigenvalue weighted by Gasteiger charge is 2.25. The minimum Gasteiger partial charge on any atom is -0.469 e. The van der Waals surface area contributed by atoms with Crippen molar-refractivity contribution in [3.8, 4) is 0 Å². The summed E-state index contributed by atoms with van der Waals surface area (Å²) in [7, 11) is 0. The van der Waals surface area contributed by atoms with Crippen molar-refractivity contribution in [2.24, 2.45) is 4.99 Å². The Labute approximate surface area is 170 Å². The molecule has 2 aromatic carbocycles. The number of halogens is 2. The number of ether oxygens (including phenoxy) is 2. The van der Waals surface area contributed by atoms with Crippen LogP contribution in [0.2, 0.25) is 0 Å². The largest absolute Gasteiger partial charge is 0.469 e. The van der Waals surface area contributed by atoms with Gasteiger partial charge >= 0.3 is 0 Å². The van der Waals surface area contributed by atoms with Crippen molar-refractivity contribution in [3.05, 3.63) is 87.1 Å². The van der Waals surface area contributed by atoms with E-state index in [4.69, 9.17) is 32.7 Å². The molecule has 0 fully saturated rings. The summed E-state index contributed by atoms with van der Waals surface area (Å²) in [4.78, 5) is 6.46. The zero-order valence-corrected chi connectivity index (χ0v) is 16.3. The van der Waals surface area contributed by atoms with Crippen LogP contribution in [0.25, 0.3) is 11.8 Å². The number of hydrogen-bond acceptors (Lipinski definition) is 4. The maximum Gasteiger partial charge on any atom is 0.233 e. The Morgan fingerprint density at radius 1 is 0.778 bits per heavy atom. The molecule has 5 rings (SSSR count). The predicted octanol–water partition coefficient (Wildman–Crippen LogP) is 6.86. The lowest BCUT2D eigenvalue weighted by Gasteiger charge is -2.22. The number of para-hydroxylation sites is 1. The lowest BCUT2D eigenvalue weighted by molar-refractivity contribution is 0.245. The number of rotatable bonds is 2. The van der Waals surface area contributed by atoms with E-state index in [1.165, 1.54) is 11.3 Å². The Balaban J connectivity index is 1.50. The first-order valence-electron chi connectivity index (χ1n) is 8.39. The molecule has 0 radical (unpaired) electrons. The predicted molar refractivity (Wildman–Crippen MR) is 111 cm³/mol. The van der Waals surface area contributed by atoms with Gasteiger partial charge in [-0.2, -0.15) is 0 Å². The van der Waals surface area contributed by atoms with Crippen molar-refractivity contribution in [3.63, 3.8) is 0 Å². The topological polar surface area (TPSA) is 30.8 Å². The van der Waals surface area contributed by atoms with Gasteiger partial charge in [0.25, 0.3) is 0 Å². The molecule has 3 heterocycles. The third kappa shape index (κ3) is 3.04. The standard InChI is InChI=1S/C21H13Cl2NO2S/c22-19-13-6-2-1-5-12(13)11-16(25-19)17-9-10-18(27-17)21-24-15-8-4-3-7-14(15)20(23)26-21/h1-11,19-20H. The molecule has 2 unspecified atom stereocenters. The number of benzene rings is 2. The summed E-state index contributed by atoms with van der Waals surface area (Å²) in [5.41, 5.74) is 2.68. The molecule has 6 heteroatoms. The Morgan fingerprint density at radius 3 is 2.37 bits per heavy atom. The van der Waals surface area contributed by atoms with Crippen LogP contribution in [0.5, 0.6) is 0 Å². The zero-order chi connectivity index (χ0) is 18.4. The van der Waals surface area contributed by atoms with Gasteiger partial charge in [-0.05, 0) is 29.8 Å². The molecule has 2 atom stereocenters. The molecule has 0 saturated heterocycles. The molecule has 134 valence electrons. The number of nitrogens with zero attached hydrogens (tertiary/aromatic N) is 1. The van der Waals surface area contributed by atoms with Gasteiger partial charge in [-0.15, -0.1) is 11.3 Å². The fourth-order valence-electron chi connectivity index (χ4n) is 3.11. The summed E-state index contributed by atoms with van der Waals surface area (Å²) in [6.45, 7) is 0. The maximum absolute atomic E-state index is 6.40. The number of hydrogen-bond donors (Lipinski definition) is 0. The van der Waals surface area contributed by atoms with Gasteiger partial charge < -0.3 is 9.47 Å². The number of aliphatic imine (C=N–C) groups is 1. The second kappa shape index (κ2) is 6.71. The lowest BCUT2D eigenvalue weighted by Crippen LogP contribution is -2.12. The molecule has 27 heavy (non-hydrogen) atoms. The highest BCUT2D eigenvalue weighted by atomic mass is 35.5. The van der Waals surface area contributed by atoms with E-state index in [9.17, 15) is 0 Å². The summed E-state index contributed by atoms with van der Waals surface area (Å²) >= 11 is 14.3. The molecule has 0 saturated carbocycles. The van der Waals surface area contributed by atoms with Crippen molar-refractivity contribution < 1.29 is 9.47 Å². The molecule has 0 aliphatic carbocycles. The highest BCUT2D eigenvalue weighted by molar-refractivity contribution is 7.15. The van der Waals surface area contributed by atoms with E-state index in [1.807, 2.05) is 66.7 Å². The fourth-order valence-corrected chi connectivity index (χ4v) is 4.57. The molecule has 3 nitrogen and oxygen atoms in total. The highest BCUT2D eigenvalue weighted by Crippen LogP contribution is 2.41. The molecule has 0 N–H and O–H groups in total. The van der Waals surface area contributed by atoms with Gasteiger partial charge in [0, 0.05) is 11.1 Å². The second-order valence-electron chi connectivity index (χ2n) is 6.14. The summed E-state index contributed by atoms with van der Waals surface area (Å²) in [6, 6.07) is 19.6. The molecule has 0 amide bonds. The average Bonchev–Trinajstić information content (AvgIpc) is 3.18. The van der Waals surface area contributed by atoms with Crippen molar-refractivity contribution in [1.82, 2.24) is 0 Å². The quantitative estimate of drug-likeness (QED) is 0.429. The normalized spacial score (nSPS) is 20.5. The number of alkyl halides is 2. The zero-order valence-electron chi connectivity index (χ0n) is 13.9. The average molecular weight is 414 g/mol. The van der Waals surface area contributed by atoms with Crippen LogP contribution in [0, 0.1) is 0 Å². The van der Waals surface area contributed by atoms with Gasteiger partial charge in [0.05, 0.1) is 15.4 Å². The van der Waals surface area contributed by atoms with Crippen LogP contribution in [0.3, 0.4) is 0 Å². The summed E-state index contributed by atoms with van der Waals surface area (Å²) in [5.74, 6) is 1.26. The fraction of sp³-hybridized carbons (Fsp3) is 0.0952. The monoisotopic (exact) mass is 413 g/mol. The van der Waals surface area contributed by atoms with E-state index in [-0.39, 0.29) is 0 Å². The van der Waals surface area contributed by atoms with Crippen molar-refractivity contribution in [2.45, 2.75) is 11.1 Å². The van der Waals surface area contributed by atoms with E-state index >= 15 is 0 Å². The van der Waals surface area contributed by atoms with E-state index in [0.29, 0.717) is 5.90 Å². The number of thiophene rings is 1. The first-order chi connectivity index (χ1) is 13.2. The molecule has 0 bridgehead atoms. The Kier molecular flexibility index (Phi) is 4.20. The second-order valence-corrected chi connectivity index (χ2v) is 8.02. The SMILES string of the molecule is ClC1OC(c2ccc(C3=Nc4ccccc4C(Cl)O3)s2)=Cc2ccccc21. The van der Waals surface area contributed by atoms with Crippen LogP contribution in [-0.4, -0.2) is 5.90 Å².